The Morgan fingerprint density at radius 2 is 1.81 bits per heavy atom. The average molecular weight is 361 g/mol. The average Bonchev–Trinajstić information content (AvgIpc) is 2.53. The van der Waals surface area contributed by atoms with Crippen LogP contribution in [0.3, 0.4) is 0 Å². The van der Waals surface area contributed by atoms with Gasteiger partial charge in [0.2, 0.25) is 0 Å². The lowest BCUT2D eigenvalue weighted by atomic mass is 9.82. The molecule has 1 fully saturated rings. The maximum atomic E-state index is 12.5. The normalized spacial score (nSPS) is 19.8. The Morgan fingerprint density at radius 1 is 1.19 bits per heavy atom. The third kappa shape index (κ3) is 5.07. The van der Waals surface area contributed by atoms with E-state index in [-0.39, 0.29) is 25.4 Å². The fourth-order valence-electron chi connectivity index (χ4n) is 2.90. The summed E-state index contributed by atoms with van der Waals surface area (Å²) in [6.07, 6.45) is -0.351. The number of amides is 1. The molecule has 0 spiro atoms. The molecule has 1 atom stereocenters. The number of Topliss-reactive ketones (excluding diaryl/α,β-unsaturated/α-hetero) is 1. The van der Waals surface area contributed by atoms with E-state index in [2.05, 4.69) is 0 Å². The quantitative estimate of drug-likeness (QED) is 0.610. The Morgan fingerprint density at radius 3 is 2.38 bits per heavy atom. The van der Waals surface area contributed by atoms with E-state index in [1.165, 1.54) is 4.90 Å². The van der Waals surface area contributed by atoms with Crippen molar-refractivity contribution < 1.29 is 23.9 Å². The minimum Gasteiger partial charge on any atom is -0.459 e. The van der Waals surface area contributed by atoms with Gasteiger partial charge < -0.3 is 9.47 Å². The van der Waals surface area contributed by atoms with Crippen LogP contribution in [-0.4, -0.2) is 40.4 Å². The summed E-state index contributed by atoms with van der Waals surface area (Å²) in [6.45, 7) is 8.89. The third-order valence-electron chi connectivity index (χ3n) is 4.25. The molecule has 1 aliphatic heterocycles. The largest absolute Gasteiger partial charge is 0.459 e. The van der Waals surface area contributed by atoms with E-state index in [4.69, 9.17) is 9.47 Å². The molecule has 1 saturated heterocycles. The highest BCUT2D eigenvalue weighted by Crippen LogP contribution is 2.32. The first-order valence-corrected chi connectivity index (χ1v) is 8.73. The SMILES string of the molecule is CC(C)(C)OC(=O)C1CC(C)(C)N(C(=O)OCc2ccccc2)CC1=O. The van der Waals surface area contributed by atoms with Crippen LogP contribution in [-0.2, 0) is 25.7 Å². The molecule has 0 bridgehead atoms. The number of hydrogen-bond donors (Lipinski definition) is 0. The molecule has 6 nitrogen and oxygen atoms in total. The van der Waals surface area contributed by atoms with Crippen LogP contribution in [0.4, 0.5) is 4.79 Å². The van der Waals surface area contributed by atoms with Crippen LogP contribution in [0.2, 0.25) is 0 Å². The summed E-state index contributed by atoms with van der Waals surface area (Å²) in [4.78, 5) is 38.6. The van der Waals surface area contributed by atoms with Gasteiger partial charge in [0.1, 0.15) is 18.1 Å². The van der Waals surface area contributed by atoms with Crippen molar-refractivity contribution in [2.75, 3.05) is 6.54 Å². The first kappa shape index (κ1) is 19.9. The highest BCUT2D eigenvalue weighted by atomic mass is 16.6. The molecule has 0 aromatic heterocycles. The summed E-state index contributed by atoms with van der Waals surface area (Å²) in [6, 6.07) is 9.33. The van der Waals surface area contributed by atoms with Gasteiger partial charge in [0.05, 0.1) is 6.54 Å². The minimum absolute atomic E-state index is 0.135. The van der Waals surface area contributed by atoms with Crippen LogP contribution in [0.25, 0.3) is 0 Å². The van der Waals surface area contributed by atoms with Crippen molar-refractivity contribution in [1.29, 1.82) is 0 Å². The molecule has 1 aromatic rings. The number of benzene rings is 1. The molecule has 6 heteroatoms. The second-order valence-electron chi connectivity index (χ2n) is 8.20. The Balaban J connectivity index is 2.02. The number of hydrogen-bond acceptors (Lipinski definition) is 5. The number of nitrogens with zero attached hydrogens (tertiary/aromatic N) is 1. The summed E-state index contributed by atoms with van der Waals surface area (Å²) in [5.74, 6) is -1.72. The molecule has 1 amide bonds. The van der Waals surface area contributed by atoms with Crippen molar-refractivity contribution in [2.24, 2.45) is 5.92 Å². The van der Waals surface area contributed by atoms with E-state index >= 15 is 0 Å². The third-order valence-corrected chi connectivity index (χ3v) is 4.25. The molecule has 0 saturated carbocycles. The topological polar surface area (TPSA) is 72.9 Å². The molecule has 2 rings (SSSR count). The zero-order valence-electron chi connectivity index (χ0n) is 16.1. The molecule has 142 valence electrons. The summed E-state index contributed by atoms with van der Waals surface area (Å²) < 4.78 is 10.7. The number of carbonyl (C=O) groups excluding carboxylic acids is 3. The van der Waals surface area contributed by atoms with Crippen molar-refractivity contribution in [1.82, 2.24) is 4.90 Å². The van der Waals surface area contributed by atoms with Crippen LogP contribution in [0.1, 0.15) is 46.6 Å². The van der Waals surface area contributed by atoms with Crippen molar-refractivity contribution in [3.63, 3.8) is 0 Å². The van der Waals surface area contributed by atoms with Crippen LogP contribution in [0.15, 0.2) is 30.3 Å². The highest BCUT2D eigenvalue weighted by Gasteiger charge is 2.46. The smallest absolute Gasteiger partial charge is 0.410 e. The Labute approximate surface area is 154 Å². The van der Waals surface area contributed by atoms with Gasteiger partial charge in [0.25, 0.3) is 0 Å². The monoisotopic (exact) mass is 361 g/mol. The number of rotatable bonds is 3. The minimum atomic E-state index is -0.859. The number of likely N-dealkylation sites (tertiary alicyclic amines) is 1. The summed E-state index contributed by atoms with van der Waals surface area (Å²) in [7, 11) is 0. The van der Waals surface area contributed by atoms with Gasteiger partial charge >= 0.3 is 12.1 Å². The van der Waals surface area contributed by atoms with Gasteiger partial charge in [0.15, 0.2) is 5.78 Å². The van der Waals surface area contributed by atoms with Crippen molar-refractivity contribution in [3.05, 3.63) is 35.9 Å². The number of esters is 1. The van der Waals surface area contributed by atoms with Crippen LogP contribution >= 0.6 is 0 Å². The van der Waals surface area contributed by atoms with E-state index in [9.17, 15) is 14.4 Å². The molecule has 1 aliphatic rings. The first-order chi connectivity index (χ1) is 12.0. The molecule has 0 aliphatic carbocycles. The van der Waals surface area contributed by atoms with Crippen molar-refractivity contribution in [2.45, 2.75) is 58.8 Å². The lowest BCUT2D eigenvalue weighted by Gasteiger charge is -2.43. The first-order valence-electron chi connectivity index (χ1n) is 8.73. The van der Waals surface area contributed by atoms with Gasteiger partial charge in [-0.05, 0) is 46.6 Å². The zero-order chi connectivity index (χ0) is 19.5. The molecular formula is C20H27NO5. The van der Waals surface area contributed by atoms with Gasteiger partial charge in [-0.3, -0.25) is 14.5 Å². The van der Waals surface area contributed by atoms with E-state index in [0.717, 1.165) is 5.56 Å². The molecule has 1 aromatic carbocycles. The fourth-order valence-corrected chi connectivity index (χ4v) is 2.90. The molecule has 0 radical (unpaired) electrons. The predicted molar refractivity (Wildman–Crippen MR) is 96.4 cm³/mol. The van der Waals surface area contributed by atoms with Crippen LogP contribution < -0.4 is 0 Å². The number of piperidine rings is 1. The van der Waals surface area contributed by atoms with Crippen molar-refractivity contribution >= 4 is 17.8 Å². The number of carbonyl (C=O) groups is 3. The maximum Gasteiger partial charge on any atom is 0.410 e. The molecular weight excluding hydrogens is 334 g/mol. The Kier molecular flexibility index (Phi) is 5.74. The van der Waals surface area contributed by atoms with Crippen LogP contribution in [0, 0.1) is 5.92 Å². The van der Waals surface area contributed by atoms with Gasteiger partial charge in [0, 0.05) is 5.54 Å². The van der Waals surface area contributed by atoms with Crippen LogP contribution in [0.5, 0.6) is 0 Å². The van der Waals surface area contributed by atoms with Gasteiger partial charge in [-0.2, -0.15) is 0 Å². The summed E-state index contributed by atoms with van der Waals surface area (Å²) in [5, 5.41) is 0. The highest BCUT2D eigenvalue weighted by molar-refractivity contribution is 6.02. The maximum absolute atomic E-state index is 12.5. The molecule has 1 unspecified atom stereocenters. The summed E-state index contributed by atoms with van der Waals surface area (Å²) >= 11 is 0. The van der Waals surface area contributed by atoms with E-state index in [0.29, 0.717) is 0 Å². The Bertz CT molecular complexity index is 675. The van der Waals surface area contributed by atoms with Gasteiger partial charge in [-0.25, -0.2) is 4.79 Å². The summed E-state index contributed by atoms with van der Waals surface area (Å²) in [5.41, 5.74) is -0.482. The predicted octanol–water partition coefficient (Wildman–Crippen LogP) is 3.33. The Hall–Kier alpha value is -2.37. The molecule has 26 heavy (non-hydrogen) atoms. The standard InChI is InChI=1S/C20H27NO5/c1-19(2,3)26-17(23)15-11-20(4,5)21(12-16(15)22)18(24)25-13-14-9-7-6-8-10-14/h6-10,15H,11-13H2,1-5H3. The van der Waals surface area contributed by atoms with Gasteiger partial charge in [-0.15, -0.1) is 0 Å². The number of ketones is 1. The fraction of sp³-hybridized carbons (Fsp3) is 0.550. The second-order valence-corrected chi connectivity index (χ2v) is 8.20. The lowest BCUT2D eigenvalue weighted by Crippen LogP contribution is -2.58. The van der Waals surface area contributed by atoms with E-state index < -0.39 is 29.1 Å². The van der Waals surface area contributed by atoms with E-state index in [1.54, 1.807) is 20.8 Å². The molecule has 1 heterocycles. The van der Waals surface area contributed by atoms with Gasteiger partial charge in [-0.1, -0.05) is 30.3 Å². The van der Waals surface area contributed by atoms with Crippen molar-refractivity contribution in [3.8, 4) is 0 Å². The molecule has 0 N–H and O–H groups in total. The second kappa shape index (κ2) is 7.48. The zero-order valence-corrected chi connectivity index (χ0v) is 16.1. The number of ether oxygens (including phenoxy) is 2. The lowest BCUT2D eigenvalue weighted by molar-refractivity contribution is -0.166. The van der Waals surface area contributed by atoms with E-state index in [1.807, 2.05) is 44.2 Å².